The van der Waals surface area contributed by atoms with Gasteiger partial charge >= 0.3 is 0 Å². The maximum Gasteiger partial charge on any atom is 0.192 e. The molecule has 0 fully saturated rings. The highest BCUT2D eigenvalue weighted by Crippen LogP contribution is 2.41. The van der Waals surface area contributed by atoms with E-state index in [4.69, 9.17) is 9.16 Å². The van der Waals surface area contributed by atoms with Gasteiger partial charge in [-0.2, -0.15) is 0 Å². The summed E-state index contributed by atoms with van der Waals surface area (Å²) in [6.07, 6.45) is 1.07. The van der Waals surface area contributed by atoms with Crippen molar-refractivity contribution in [1.82, 2.24) is 4.90 Å². The first-order chi connectivity index (χ1) is 13.5. The van der Waals surface area contributed by atoms with E-state index in [1.165, 1.54) is 11.1 Å². The molecule has 3 nitrogen and oxygen atoms in total. The second-order valence-electron chi connectivity index (χ2n) is 9.53. The van der Waals surface area contributed by atoms with Crippen molar-refractivity contribution in [2.24, 2.45) is 0 Å². The van der Waals surface area contributed by atoms with Crippen LogP contribution < -0.4 is 4.74 Å². The van der Waals surface area contributed by atoms with Gasteiger partial charge < -0.3 is 14.1 Å². The number of hydrogen-bond acceptors (Lipinski definition) is 3. The molecule has 2 aromatic rings. The molecular formula is C25H39NO2Si. The Balaban J connectivity index is 2.14. The van der Waals surface area contributed by atoms with Crippen molar-refractivity contribution in [1.29, 1.82) is 0 Å². The van der Waals surface area contributed by atoms with Crippen molar-refractivity contribution in [2.75, 3.05) is 20.7 Å². The third-order valence-electron chi connectivity index (χ3n) is 6.40. The first-order valence-electron chi connectivity index (χ1n) is 10.6. The molecule has 0 amide bonds. The van der Waals surface area contributed by atoms with Crippen LogP contribution in [0.5, 0.6) is 5.75 Å². The van der Waals surface area contributed by atoms with Crippen molar-refractivity contribution >= 4 is 8.32 Å². The van der Waals surface area contributed by atoms with Gasteiger partial charge in [-0.3, -0.25) is 0 Å². The largest absolute Gasteiger partial charge is 0.497 e. The summed E-state index contributed by atoms with van der Waals surface area (Å²) in [5.41, 5.74) is 2.59. The minimum absolute atomic E-state index is 0.0676. The molecule has 0 aliphatic rings. The molecule has 0 aliphatic heterocycles. The lowest BCUT2D eigenvalue weighted by Crippen LogP contribution is -2.46. The molecule has 29 heavy (non-hydrogen) atoms. The summed E-state index contributed by atoms with van der Waals surface area (Å²) in [6.45, 7) is 14.9. The lowest BCUT2D eigenvalue weighted by molar-refractivity contribution is 0.0812. The average Bonchev–Trinajstić information content (AvgIpc) is 2.70. The summed E-state index contributed by atoms with van der Waals surface area (Å²) in [5.74, 6) is 0.905. The van der Waals surface area contributed by atoms with Gasteiger partial charge in [0.15, 0.2) is 8.32 Å². The zero-order valence-electron chi connectivity index (χ0n) is 19.5. The standard InChI is InChI=1S/C25H39NO2Si/c1-20(26(5)19-18-21-14-16-23(27-6)17-15-21)24(22-12-10-9-11-13-22)28-29(7,8)25(2,3)4/h9-17,20,24H,18-19H2,1-8H3/t20-,24-/m1/s1. The number of ether oxygens (including phenoxy) is 1. The van der Waals surface area contributed by atoms with Gasteiger partial charge in [-0.1, -0.05) is 63.2 Å². The second-order valence-corrected chi connectivity index (χ2v) is 14.3. The molecule has 0 N–H and O–H groups in total. The molecular weight excluding hydrogens is 374 g/mol. The molecule has 0 unspecified atom stereocenters. The number of rotatable bonds is 9. The van der Waals surface area contributed by atoms with Crippen LogP contribution in [-0.4, -0.2) is 40.0 Å². The number of nitrogens with zero attached hydrogens (tertiary/aromatic N) is 1. The van der Waals surface area contributed by atoms with Gasteiger partial charge in [-0.25, -0.2) is 0 Å². The lowest BCUT2D eigenvalue weighted by Gasteiger charge is -2.43. The van der Waals surface area contributed by atoms with Crippen molar-refractivity contribution in [2.45, 2.75) is 64.4 Å². The molecule has 0 saturated heterocycles. The quantitative estimate of drug-likeness (QED) is 0.449. The van der Waals surface area contributed by atoms with E-state index in [9.17, 15) is 0 Å². The summed E-state index contributed by atoms with van der Waals surface area (Å²) in [4.78, 5) is 2.43. The minimum atomic E-state index is -1.90. The number of likely N-dealkylation sites (N-methyl/N-ethyl adjacent to an activating group) is 1. The van der Waals surface area contributed by atoms with Gasteiger partial charge in [0.25, 0.3) is 0 Å². The minimum Gasteiger partial charge on any atom is -0.497 e. The van der Waals surface area contributed by atoms with Gasteiger partial charge in [0, 0.05) is 12.6 Å². The summed E-state index contributed by atoms with van der Waals surface area (Å²) < 4.78 is 12.2. The van der Waals surface area contributed by atoms with Gasteiger partial charge in [0.1, 0.15) is 5.75 Å². The van der Waals surface area contributed by atoms with Crippen LogP contribution in [-0.2, 0) is 10.8 Å². The van der Waals surface area contributed by atoms with E-state index in [1.54, 1.807) is 7.11 Å². The maximum absolute atomic E-state index is 6.93. The average molecular weight is 414 g/mol. The predicted molar refractivity (Wildman–Crippen MR) is 126 cm³/mol. The van der Waals surface area contributed by atoms with Crippen LogP contribution in [0.3, 0.4) is 0 Å². The molecule has 0 bridgehead atoms. The lowest BCUT2D eigenvalue weighted by atomic mass is 10.0. The van der Waals surface area contributed by atoms with Gasteiger partial charge in [0.2, 0.25) is 0 Å². The summed E-state index contributed by atoms with van der Waals surface area (Å²) in [5, 5.41) is 0.182. The number of benzene rings is 2. The Hall–Kier alpha value is -1.62. The first-order valence-corrected chi connectivity index (χ1v) is 13.5. The predicted octanol–water partition coefficient (Wildman–Crippen LogP) is 6.32. The Labute approximate surface area is 179 Å². The summed E-state index contributed by atoms with van der Waals surface area (Å²) >= 11 is 0. The highest BCUT2D eigenvalue weighted by atomic mass is 28.4. The molecule has 0 aromatic heterocycles. The molecule has 0 aliphatic carbocycles. The summed E-state index contributed by atoms with van der Waals surface area (Å²) in [7, 11) is 2.02. The molecule has 0 radical (unpaired) electrons. The van der Waals surface area contributed by atoms with Crippen molar-refractivity contribution in [3.63, 3.8) is 0 Å². The van der Waals surface area contributed by atoms with E-state index in [0.29, 0.717) is 0 Å². The fourth-order valence-corrected chi connectivity index (χ4v) is 4.44. The van der Waals surface area contributed by atoms with Crippen molar-refractivity contribution in [3.05, 3.63) is 65.7 Å². The van der Waals surface area contributed by atoms with Crippen LogP contribution in [0.2, 0.25) is 18.1 Å². The fourth-order valence-electron chi connectivity index (χ4n) is 3.11. The highest BCUT2D eigenvalue weighted by molar-refractivity contribution is 6.74. The van der Waals surface area contributed by atoms with Crippen molar-refractivity contribution < 1.29 is 9.16 Å². The van der Waals surface area contributed by atoms with Crippen LogP contribution in [0.15, 0.2) is 54.6 Å². The van der Waals surface area contributed by atoms with E-state index in [0.717, 1.165) is 18.7 Å². The smallest absolute Gasteiger partial charge is 0.192 e. The van der Waals surface area contributed by atoms with Gasteiger partial charge in [-0.15, -0.1) is 0 Å². The van der Waals surface area contributed by atoms with Crippen LogP contribution in [0.1, 0.15) is 44.9 Å². The topological polar surface area (TPSA) is 21.7 Å². The second kappa shape index (κ2) is 9.92. The Kier molecular flexibility index (Phi) is 8.09. The Morgan fingerprint density at radius 2 is 1.55 bits per heavy atom. The molecule has 160 valence electrons. The maximum atomic E-state index is 6.93. The van der Waals surface area contributed by atoms with Gasteiger partial charge in [-0.05, 0) is 61.8 Å². The summed E-state index contributed by atoms with van der Waals surface area (Å²) in [6, 6.07) is 19.4. The van der Waals surface area contributed by atoms with E-state index in [1.807, 2.05) is 12.1 Å². The van der Waals surface area contributed by atoms with Crippen molar-refractivity contribution in [3.8, 4) is 5.75 Å². The molecule has 0 saturated carbocycles. The first kappa shape index (κ1) is 23.7. The van der Waals surface area contributed by atoms with Gasteiger partial charge in [0.05, 0.1) is 13.2 Å². The monoisotopic (exact) mass is 413 g/mol. The third kappa shape index (κ3) is 6.43. The third-order valence-corrected chi connectivity index (χ3v) is 10.9. The molecule has 0 spiro atoms. The molecule has 2 aromatic carbocycles. The normalized spacial score (nSPS) is 14.7. The molecule has 2 atom stereocenters. The van der Waals surface area contributed by atoms with E-state index < -0.39 is 8.32 Å². The fraction of sp³-hybridized carbons (Fsp3) is 0.520. The van der Waals surface area contributed by atoms with Crippen LogP contribution in [0.4, 0.5) is 0 Å². The van der Waals surface area contributed by atoms with Crippen LogP contribution in [0.25, 0.3) is 0 Å². The van der Waals surface area contributed by atoms with E-state index >= 15 is 0 Å². The molecule has 2 rings (SSSR count). The number of hydrogen-bond donors (Lipinski definition) is 0. The van der Waals surface area contributed by atoms with Crippen LogP contribution >= 0.6 is 0 Å². The SMILES string of the molecule is COc1ccc(CCN(C)[C@H](C)[C@@H](O[Si](C)(C)C(C)(C)C)c2ccccc2)cc1. The Morgan fingerprint density at radius 3 is 2.07 bits per heavy atom. The molecule has 0 heterocycles. The Morgan fingerprint density at radius 1 is 0.966 bits per heavy atom. The highest BCUT2D eigenvalue weighted by Gasteiger charge is 2.41. The zero-order chi connectivity index (χ0) is 21.7. The number of methoxy groups -OCH3 is 1. The van der Waals surface area contributed by atoms with E-state index in [-0.39, 0.29) is 17.2 Å². The Bertz CT molecular complexity index is 738. The van der Waals surface area contributed by atoms with Crippen LogP contribution in [0, 0.1) is 0 Å². The van der Waals surface area contributed by atoms with E-state index in [2.05, 4.69) is 95.2 Å². The molecule has 4 heteroatoms. The zero-order valence-corrected chi connectivity index (χ0v) is 20.5.